The number of aromatic nitrogens is 3. The highest BCUT2D eigenvalue weighted by Gasteiger charge is 2.37. The van der Waals surface area contributed by atoms with E-state index in [2.05, 4.69) is 26.2 Å². The molecule has 5 rings (SSSR count). The minimum Gasteiger partial charge on any atom is -0.488 e. The van der Waals surface area contributed by atoms with Gasteiger partial charge in [0.15, 0.2) is 0 Å². The Hall–Kier alpha value is -2.98. The summed E-state index contributed by atoms with van der Waals surface area (Å²) in [5.74, 6) is 1.44. The zero-order valence-electron chi connectivity index (χ0n) is 21.7. The van der Waals surface area contributed by atoms with E-state index in [1.807, 2.05) is 68.4 Å². The van der Waals surface area contributed by atoms with Crippen molar-refractivity contribution in [2.45, 2.75) is 38.3 Å². The van der Waals surface area contributed by atoms with Gasteiger partial charge in [0, 0.05) is 31.3 Å². The van der Waals surface area contributed by atoms with Crippen LogP contribution >= 0.6 is 50.9 Å². The molecular formula is C29H25BrCl2N4O3S. The van der Waals surface area contributed by atoms with Gasteiger partial charge < -0.3 is 14.8 Å². The fourth-order valence-electron chi connectivity index (χ4n) is 4.33. The maximum Gasteiger partial charge on any atom is 0.338 e. The summed E-state index contributed by atoms with van der Waals surface area (Å²) in [5.41, 5.74) is 3.43. The first-order valence-corrected chi connectivity index (χ1v) is 15.0. The molecule has 2 heterocycles. The van der Waals surface area contributed by atoms with Crippen molar-refractivity contribution in [3.63, 3.8) is 0 Å². The van der Waals surface area contributed by atoms with Gasteiger partial charge in [-0.15, -0.1) is 5.10 Å². The van der Waals surface area contributed by atoms with Gasteiger partial charge in [0.05, 0.1) is 5.57 Å². The van der Waals surface area contributed by atoms with Crippen LogP contribution in [0.25, 0.3) is 0 Å². The highest BCUT2D eigenvalue weighted by Crippen LogP contribution is 2.41. The van der Waals surface area contributed by atoms with Crippen molar-refractivity contribution in [3.8, 4) is 5.75 Å². The molecule has 3 aromatic carbocycles. The quantitative estimate of drug-likeness (QED) is 0.144. The molecule has 1 atom stereocenters. The predicted octanol–water partition coefficient (Wildman–Crippen LogP) is 8.07. The average molecular weight is 660 g/mol. The maximum absolute atomic E-state index is 13.7. The molecular weight excluding hydrogens is 635 g/mol. The molecule has 1 unspecified atom stereocenters. The number of nitrogens with one attached hydrogen (secondary N) is 1. The molecule has 206 valence electrons. The summed E-state index contributed by atoms with van der Waals surface area (Å²) in [5, 5.41) is 9.66. The summed E-state index contributed by atoms with van der Waals surface area (Å²) in [6, 6.07) is 19.8. The molecule has 0 amide bonds. The largest absolute Gasteiger partial charge is 0.488 e. The summed E-state index contributed by atoms with van der Waals surface area (Å²) in [6.07, 6.45) is 0. The van der Waals surface area contributed by atoms with Crippen LogP contribution in [0.3, 0.4) is 0 Å². The van der Waals surface area contributed by atoms with E-state index in [-0.39, 0.29) is 13.2 Å². The van der Waals surface area contributed by atoms with Crippen LogP contribution in [0.15, 0.2) is 87.6 Å². The molecule has 1 aliphatic heterocycles. The number of rotatable bonds is 9. The van der Waals surface area contributed by atoms with Gasteiger partial charge in [-0.3, -0.25) is 0 Å². The Bertz CT molecular complexity index is 1580. The van der Waals surface area contributed by atoms with Gasteiger partial charge >= 0.3 is 5.97 Å². The number of anilines is 1. The zero-order valence-corrected chi connectivity index (χ0v) is 25.6. The Labute approximate surface area is 255 Å². The molecule has 40 heavy (non-hydrogen) atoms. The molecule has 1 aliphatic rings. The number of carbonyl (C=O) groups excluding carboxylic acids is 1. The van der Waals surface area contributed by atoms with E-state index in [0.717, 1.165) is 21.4 Å². The minimum atomic E-state index is -0.661. The van der Waals surface area contributed by atoms with Crippen molar-refractivity contribution in [2.24, 2.45) is 0 Å². The molecule has 0 saturated heterocycles. The van der Waals surface area contributed by atoms with Gasteiger partial charge in [0.25, 0.3) is 0 Å². The zero-order chi connectivity index (χ0) is 28.2. The molecule has 1 N–H and O–H groups in total. The van der Waals surface area contributed by atoms with Crippen LogP contribution in [0.4, 0.5) is 5.95 Å². The third kappa shape index (κ3) is 6.33. The lowest BCUT2D eigenvalue weighted by Crippen LogP contribution is -2.30. The van der Waals surface area contributed by atoms with Crippen LogP contribution in [0.2, 0.25) is 10.0 Å². The van der Waals surface area contributed by atoms with E-state index in [1.54, 1.807) is 16.8 Å². The smallest absolute Gasteiger partial charge is 0.338 e. The highest BCUT2D eigenvalue weighted by molar-refractivity contribution is 9.10. The van der Waals surface area contributed by atoms with Crippen molar-refractivity contribution >= 4 is 62.8 Å². The fourth-order valence-corrected chi connectivity index (χ4v) is 5.73. The number of benzene rings is 3. The Morgan fingerprint density at radius 3 is 2.65 bits per heavy atom. The Morgan fingerprint density at radius 1 is 1.10 bits per heavy atom. The molecule has 4 aromatic rings. The number of carbonyl (C=O) groups is 1. The lowest BCUT2D eigenvalue weighted by Gasteiger charge is -2.29. The van der Waals surface area contributed by atoms with Gasteiger partial charge in [-0.1, -0.05) is 94.2 Å². The van der Waals surface area contributed by atoms with Crippen molar-refractivity contribution in [2.75, 3.05) is 11.1 Å². The number of hydrogen-bond donors (Lipinski definition) is 1. The van der Waals surface area contributed by atoms with E-state index < -0.39 is 12.0 Å². The Morgan fingerprint density at radius 2 is 1.90 bits per heavy atom. The van der Waals surface area contributed by atoms with E-state index in [1.165, 1.54) is 11.8 Å². The molecule has 0 fully saturated rings. The van der Waals surface area contributed by atoms with Crippen LogP contribution in [-0.2, 0) is 22.7 Å². The average Bonchev–Trinajstić information content (AvgIpc) is 3.33. The van der Waals surface area contributed by atoms with Gasteiger partial charge in [0.1, 0.15) is 25.0 Å². The summed E-state index contributed by atoms with van der Waals surface area (Å²) in [7, 11) is 0. The van der Waals surface area contributed by atoms with Crippen LogP contribution < -0.4 is 10.1 Å². The number of halogens is 3. The predicted molar refractivity (Wildman–Crippen MR) is 162 cm³/mol. The lowest BCUT2D eigenvalue weighted by atomic mass is 9.95. The van der Waals surface area contributed by atoms with Crippen molar-refractivity contribution in [3.05, 3.63) is 109 Å². The first kappa shape index (κ1) is 28.5. The topological polar surface area (TPSA) is 78.3 Å². The normalized spacial score (nSPS) is 14.5. The number of esters is 1. The molecule has 1 aromatic heterocycles. The standard InChI is InChI=1S/C29H25BrCl2N4O3S/c1-3-40-29-34-28-33-17(2)25(27(37)39-15-18-7-5-4-6-8-18)26(36(28)35-29)22-13-20(30)10-12-24(22)38-16-19-9-11-21(31)14-23(19)32/h4-14,26H,3,15-16H2,1-2H3,(H,33,34,35). The summed E-state index contributed by atoms with van der Waals surface area (Å²) in [4.78, 5) is 18.3. The SMILES string of the molecule is CCSc1nc2n(n1)C(c1cc(Br)ccc1OCc1ccc(Cl)cc1Cl)C(C(=O)OCc1ccccc1)=C(C)N2. The number of fused-ring (bicyclic) bond motifs is 1. The molecule has 0 bridgehead atoms. The Balaban J connectivity index is 1.54. The van der Waals surface area contributed by atoms with E-state index in [0.29, 0.717) is 43.7 Å². The highest BCUT2D eigenvalue weighted by atomic mass is 79.9. The molecule has 7 nitrogen and oxygen atoms in total. The van der Waals surface area contributed by atoms with Gasteiger partial charge in [0.2, 0.25) is 11.1 Å². The van der Waals surface area contributed by atoms with Crippen LogP contribution in [0.1, 0.15) is 36.6 Å². The van der Waals surface area contributed by atoms with Crippen LogP contribution in [0, 0.1) is 0 Å². The number of thioether (sulfide) groups is 1. The van der Waals surface area contributed by atoms with Crippen molar-refractivity contribution < 1.29 is 14.3 Å². The first-order chi connectivity index (χ1) is 19.3. The number of nitrogens with zero attached hydrogens (tertiary/aromatic N) is 3. The van der Waals surface area contributed by atoms with Gasteiger partial charge in [-0.25, -0.2) is 9.48 Å². The second kappa shape index (κ2) is 12.7. The van der Waals surface area contributed by atoms with Gasteiger partial charge in [-0.2, -0.15) is 4.98 Å². The van der Waals surface area contributed by atoms with Crippen LogP contribution in [-0.4, -0.2) is 26.5 Å². The van der Waals surface area contributed by atoms with Crippen LogP contribution in [0.5, 0.6) is 5.75 Å². The summed E-state index contributed by atoms with van der Waals surface area (Å²) < 4.78 is 14.6. The molecule has 0 radical (unpaired) electrons. The number of hydrogen-bond acceptors (Lipinski definition) is 7. The van der Waals surface area contributed by atoms with E-state index in [4.69, 9.17) is 37.8 Å². The number of ether oxygens (including phenoxy) is 2. The third-order valence-corrected chi connectivity index (χ3v) is 8.00. The summed E-state index contributed by atoms with van der Waals surface area (Å²) >= 11 is 17.6. The molecule has 0 spiro atoms. The maximum atomic E-state index is 13.7. The van der Waals surface area contributed by atoms with Gasteiger partial charge in [-0.05, 0) is 48.6 Å². The monoisotopic (exact) mass is 658 g/mol. The lowest BCUT2D eigenvalue weighted by molar-refractivity contribution is -0.140. The summed E-state index contributed by atoms with van der Waals surface area (Å²) in [6.45, 7) is 4.21. The Kier molecular flexibility index (Phi) is 9.05. The second-order valence-electron chi connectivity index (χ2n) is 8.93. The first-order valence-electron chi connectivity index (χ1n) is 12.5. The van der Waals surface area contributed by atoms with Crippen molar-refractivity contribution in [1.82, 2.24) is 14.8 Å². The van der Waals surface area contributed by atoms with E-state index in [9.17, 15) is 4.79 Å². The van der Waals surface area contributed by atoms with Crippen molar-refractivity contribution in [1.29, 1.82) is 0 Å². The number of allylic oxidation sites excluding steroid dienone is 1. The molecule has 11 heteroatoms. The molecule has 0 aliphatic carbocycles. The minimum absolute atomic E-state index is 0.140. The second-order valence-corrected chi connectivity index (χ2v) is 11.9. The fraction of sp³-hybridized carbons (Fsp3) is 0.207. The van der Waals surface area contributed by atoms with E-state index >= 15 is 0 Å². The third-order valence-electron chi connectivity index (χ3n) is 6.20. The molecule has 0 saturated carbocycles.